The Morgan fingerprint density at radius 2 is 1.60 bits per heavy atom. The molecular formula is C38H51KN5O8P. The summed E-state index contributed by atoms with van der Waals surface area (Å²) in [4.78, 5) is 75.8. The minimum absolute atomic E-state index is 0. The summed E-state index contributed by atoms with van der Waals surface area (Å²) in [7, 11) is -2.54. The van der Waals surface area contributed by atoms with Crippen LogP contribution in [0.1, 0.15) is 76.3 Å². The average Bonchev–Trinajstić information content (AvgIpc) is 3.51. The number of amides is 4. The minimum Gasteiger partial charge on any atom is -0.778 e. The summed E-state index contributed by atoms with van der Waals surface area (Å²) in [5.41, 5.74) is 2.31. The molecule has 2 fully saturated rings. The van der Waals surface area contributed by atoms with E-state index in [2.05, 4.69) is 16.0 Å². The van der Waals surface area contributed by atoms with Crippen LogP contribution in [0, 0.1) is 5.92 Å². The van der Waals surface area contributed by atoms with Crippen molar-refractivity contribution in [3.8, 4) is 0 Å². The number of unbranched alkanes of at least 4 members (excludes halogenated alkanes) is 2. The Morgan fingerprint density at radius 3 is 2.34 bits per heavy atom. The molecule has 3 heterocycles. The Labute approximate surface area is 354 Å². The quantitative estimate of drug-likeness (QED) is 0.121. The van der Waals surface area contributed by atoms with E-state index in [0.717, 1.165) is 34.9 Å². The van der Waals surface area contributed by atoms with Crippen LogP contribution in [0.2, 0.25) is 0 Å². The second-order valence-electron chi connectivity index (χ2n) is 13.9. The maximum absolute atomic E-state index is 14.1. The normalized spacial score (nSPS) is 22.9. The number of hydrogen-bond donors (Lipinski definition) is 3. The topological polar surface area (TPSA) is 171 Å². The van der Waals surface area contributed by atoms with Gasteiger partial charge in [-0.1, -0.05) is 81.6 Å². The molecule has 13 nitrogen and oxygen atoms in total. The monoisotopic (exact) mass is 775 g/mol. The van der Waals surface area contributed by atoms with E-state index in [0.29, 0.717) is 38.6 Å². The molecule has 3 N–H and O–H groups in total. The van der Waals surface area contributed by atoms with Crippen molar-refractivity contribution >= 4 is 42.1 Å². The summed E-state index contributed by atoms with van der Waals surface area (Å²) in [6.07, 6.45) is 5.67. The van der Waals surface area contributed by atoms with E-state index >= 15 is 0 Å². The van der Waals surface area contributed by atoms with Gasteiger partial charge in [-0.2, -0.15) is 4.73 Å². The summed E-state index contributed by atoms with van der Waals surface area (Å²) in [6.45, 7) is 4.18. The first-order valence-electron chi connectivity index (χ1n) is 18.3. The number of piperidine rings is 1. The van der Waals surface area contributed by atoms with Gasteiger partial charge >= 0.3 is 51.4 Å². The Hall–Kier alpha value is -2.55. The van der Waals surface area contributed by atoms with Gasteiger partial charge in [0.15, 0.2) is 0 Å². The fraction of sp³-hybridized carbons (Fsp3) is 0.526. The molecule has 0 spiro atoms. The molecule has 4 amide bonds. The molecule has 3 aromatic rings. The van der Waals surface area contributed by atoms with Crippen LogP contribution in [-0.2, 0) is 41.3 Å². The van der Waals surface area contributed by atoms with Gasteiger partial charge in [0.25, 0.3) is 0 Å². The van der Waals surface area contributed by atoms with E-state index in [-0.39, 0.29) is 88.8 Å². The molecule has 2 aliphatic heterocycles. The summed E-state index contributed by atoms with van der Waals surface area (Å²) in [5.74, 6) is -1.97. The van der Waals surface area contributed by atoms with Gasteiger partial charge in [0, 0.05) is 30.7 Å². The molecule has 2 aromatic carbocycles. The molecule has 0 saturated carbocycles. The fourth-order valence-corrected chi connectivity index (χ4v) is 8.08. The zero-order chi connectivity index (χ0) is 37.3. The summed E-state index contributed by atoms with van der Waals surface area (Å²) in [6, 6.07) is 12.9. The molecule has 2 aliphatic rings. The van der Waals surface area contributed by atoms with Gasteiger partial charge in [-0.25, -0.2) is 0 Å². The van der Waals surface area contributed by atoms with Crippen LogP contribution in [0.5, 0.6) is 0 Å². The predicted octanol–water partition coefficient (Wildman–Crippen LogP) is 0.472. The molecule has 0 radical (unpaired) electrons. The molecule has 15 heteroatoms. The van der Waals surface area contributed by atoms with Crippen LogP contribution >= 0.6 is 7.60 Å². The number of fused-ring (bicyclic) bond motifs is 2. The van der Waals surface area contributed by atoms with Gasteiger partial charge in [-0.3, -0.25) is 19.2 Å². The maximum Gasteiger partial charge on any atom is 1.00 e. The summed E-state index contributed by atoms with van der Waals surface area (Å²) < 4.78 is 19.4. The van der Waals surface area contributed by atoms with Gasteiger partial charge < -0.3 is 39.7 Å². The largest absolute Gasteiger partial charge is 1.00 e. The predicted molar refractivity (Wildman–Crippen MR) is 195 cm³/mol. The number of aromatic nitrogens is 1. The van der Waals surface area contributed by atoms with Crippen molar-refractivity contribution in [2.75, 3.05) is 19.8 Å². The molecule has 5 rings (SSSR count). The second kappa shape index (κ2) is 20.4. The summed E-state index contributed by atoms with van der Waals surface area (Å²) in [5, 5.41) is 9.62. The van der Waals surface area contributed by atoms with Crippen LogP contribution in [-0.4, -0.2) is 77.2 Å². The number of nitrogens with zero attached hydrogens (tertiary/aromatic N) is 2. The smallest absolute Gasteiger partial charge is 0.778 e. The zero-order valence-corrected chi connectivity index (χ0v) is 35.3. The molecule has 2 unspecified atom stereocenters. The fourth-order valence-electron chi connectivity index (χ4n) is 7.00. The third-order valence-electron chi connectivity index (χ3n) is 10.2. The number of benzene rings is 2. The first-order chi connectivity index (χ1) is 25.0. The van der Waals surface area contributed by atoms with Crippen LogP contribution in [0.25, 0.3) is 10.9 Å². The number of carbonyl (C=O) groups excluding carboxylic acids is 4. The molecule has 282 valence electrons. The SMILES string of the molecule is CCC(C)[C@@H]1NC(=O)[C@H](Cc2cn(OC)c3ccccc23)NC(=O)[C@H](CCCCCP(=O)([O-])OCc2ccccc2)NC(=O)[C@H]2CCCCN2C1=O.[K+]. The van der Waals surface area contributed by atoms with Crippen molar-refractivity contribution in [1.82, 2.24) is 25.6 Å². The third kappa shape index (κ3) is 11.5. The van der Waals surface area contributed by atoms with Crippen molar-refractivity contribution in [3.05, 3.63) is 71.9 Å². The Balaban J connectivity index is 0.00000627. The van der Waals surface area contributed by atoms with E-state index in [1.807, 2.05) is 56.3 Å². The van der Waals surface area contributed by atoms with Crippen molar-refractivity contribution in [2.24, 2.45) is 5.92 Å². The van der Waals surface area contributed by atoms with Crippen molar-refractivity contribution < 1.29 is 89.4 Å². The van der Waals surface area contributed by atoms with Crippen molar-refractivity contribution in [1.29, 1.82) is 0 Å². The Bertz CT molecular complexity index is 1760. The summed E-state index contributed by atoms with van der Waals surface area (Å²) >= 11 is 0. The van der Waals surface area contributed by atoms with E-state index < -0.39 is 49.5 Å². The number of hydrogen-bond acceptors (Lipinski definition) is 8. The first kappa shape index (κ1) is 43.2. The Morgan fingerprint density at radius 1 is 0.906 bits per heavy atom. The zero-order valence-electron chi connectivity index (χ0n) is 31.3. The molecule has 53 heavy (non-hydrogen) atoms. The second-order valence-corrected chi connectivity index (χ2v) is 15.8. The third-order valence-corrected chi connectivity index (χ3v) is 11.6. The van der Waals surface area contributed by atoms with E-state index in [9.17, 15) is 28.6 Å². The van der Waals surface area contributed by atoms with E-state index in [1.165, 1.54) is 7.11 Å². The Kier molecular flexibility index (Phi) is 16.6. The van der Waals surface area contributed by atoms with Gasteiger partial charge in [0.05, 0.1) is 12.1 Å². The van der Waals surface area contributed by atoms with Gasteiger partial charge in [0.2, 0.25) is 23.6 Å². The van der Waals surface area contributed by atoms with Gasteiger partial charge in [-0.05, 0) is 55.2 Å². The van der Waals surface area contributed by atoms with Crippen LogP contribution in [0.4, 0.5) is 0 Å². The van der Waals surface area contributed by atoms with Crippen LogP contribution < -0.4 is 77.1 Å². The van der Waals surface area contributed by atoms with Crippen LogP contribution in [0.15, 0.2) is 60.8 Å². The van der Waals surface area contributed by atoms with Gasteiger partial charge in [-0.15, -0.1) is 0 Å². The molecule has 2 saturated heterocycles. The number of rotatable bonds is 14. The molecule has 1 aromatic heterocycles. The average molecular weight is 776 g/mol. The van der Waals surface area contributed by atoms with Crippen molar-refractivity contribution in [2.45, 2.75) is 102 Å². The molecule has 0 bridgehead atoms. The molecule has 0 aliphatic carbocycles. The number of carbonyl (C=O) groups is 4. The molecule has 6 atom stereocenters. The van der Waals surface area contributed by atoms with Gasteiger partial charge in [0.1, 0.15) is 38.9 Å². The van der Waals surface area contributed by atoms with Crippen LogP contribution in [0.3, 0.4) is 0 Å². The van der Waals surface area contributed by atoms with E-state index in [1.54, 1.807) is 28.0 Å². The first-order valence-corrected chi connectivity index (χ1v) is 20.1. The van der Waals surface area contributed by atoms with E-state index in [4.69, 9.17) is 9.36 Å². The molecular weight excluding hydrogens is 725 g/mol. The minimum atomic E-state index is -4.08. The number of nitrogens with one attached hydrogen (secondary N) is 3. The van der Waals surface area contributed by atoms with Crippen molar-refractivity contribution in [3.63, 3.8) is 0 Å². The maximum atomic E-state index is 14.1. The number of para-hydroxylation sites is 1. The standard InChI is InChI=1S/C38H52N5O8P.K/c1-4-26(2)34-38(47)42-21-13-12-20-33(42)37(46)39-30(18-9-6-14-22-52(48,49)51-25-27-15-7-5-8-16-27)35(44)40-31(36(45)41-34)23-28-24-43(50-3)32-19-11-10-17-29(28)32;/h5,7-8,10-11,15-17,19,24,26,30-31,33-34H,4,6,9,12-14,18,20-23,25H2,1-3H3,(H,39,46)(H,40,44)(H,41,45)(H,48,49);/q;+1/p-1/t26?,30-,31-,33+,34-;/m0./s1.